The van der Waals surface area contributed by atoms with E-state index in [0.29, 0.717) is 33.6 Å². The number of hydrogen-bond acceptors (Lipinski definition) is 7. The molecule has 3 aromatic heterocycles. The molecule has 0 atom stereocenters. The van der Waals surface area contributed by atoms with Gasteiger partial charge in [-0.1, -0.05) is 29.4 Å². The maximum atomic E-state index is 13.7. The predicted octanol–water partition coefficient (Wildman–Crippen LogP) is 4.09. The maximum Gasteiger partial charge on any atom is 0.267 e. The molecule has 33 heavy (non-hydrogen) atoms. The predicted molar refractivity (Wildman–Crippen MR) is 132 cm³/mol. The molecule has 1 aliphatic heterocycles. The number of nitrogens with zero attached hydrogens (tertiary/aromatic N) is 3. The highest BCUT2D eigenvalue weighted by Crippen LogP contribution is 2.34. The van der Waals surface area contributed by atoms with Gasteiger partial charge in [0.15, 0.2) is 5.16 Å². The van der Waals surface area contributed by atoms with E-state index in [0.717, 1.165) is 29.9 Å². The number of thiophene rings is 1. The van der Waals surface area contributed by atoms with E-state index in [9.17, 15) is 9.59 Å². The summed E-state index contributed by atoms with van der Waals surface area (Å²) in [6.07, 6.45) is 2.39. The molecule has 1 amide bonds. The van der Waals surface area contributed by atoms with Crippen molar-refractivity contribution in [2.45, 2.75) is 24.7 Å². The standard InChI is InChI=1S/C23H21ClN4O3S2/c1-27-8-7-17-18(12-27)33-21-20(17)22(30)28(15-5-2-4-14(24)10-15)23(26-21)32-13-19(29)25-11-16-6-3-9-31-16/h2-6,9-10H,7-8,11-13H2,1H3,(H,25,29). The molecule has 0 saturated carbocycles. The molecule has 1 aromatic carbocycles. The van der Waals surface area contributed by atoms with Gasteiger partial charge in [0.25, 0.3) is 5.56 Å². The average molecular weight is 501 g/mol. The summed E-state index contributed by atoms with van der Waals surface area (Å²) in [5.41, 5.74) is 1.60. The number of carbonyl (C=O) groups is 1. The number of aromatic nitrogens is 2. The molecular weight excluding hydrogens is 480 g/mol. The Morgan fingerprint density at radius 2 is 2.21 bits per heavy atom. The van der Waals surface area contributed by atoms with Crippen LogP contribution in [-0.4, -0.2) is 39.7 Å². The first kappa shape index (κ1) is 22.2. The van der Waals surface area contributed by atoms with Crippen molar-refractivity contribution in [3.63, 3.8) is 0 Å². The normalized spacial score (nSPS) is 13.9. The number of furan rings is 1. The van der Waals surface area contributed by atoms with Crippen LogP contribution in [0.4, 0.5) is 0 Å². The van der Waals surface area contributed by atoms with Crippen LogP contribution in [-0.2, 0) is 24.3 Å². The minimum atomic E-state index is -0.171. The van der Waals surface area contributed by atoms with E-state index in [1.807, 2.05) is 6.07 Å². The number of thioether (sulfide) groups is 1. The van der Waals surface area contributed by atoms with Gasteiger partial charge in [-0.2, -0.15) is 0 Å². The van der Waals surface area contributed by atoms with Gasteiger partial charge in [-0.15, -0.1) is 11.3 Å². The van der Waals surface area contributed by atoms with Gasteiger partial charge < -0.3 is 14.6 Å². The molecule has 7 nitrogen and oxygen atoms in total. The number of likely N-dealkylation sites (N-methyl/N-ethyl adjacent to an activating group) is 1. The third-order valence-electron chi connectivity index (χ3n) is 5.47. The van der Waals surface area contributed by atoms with Crippen LogP contribution >= 0.6 is 34.7 Å². The monoisotopic (exact) mass is 500 g/mol. The first-order valence-electron chi connectivity index (χ1n) is 10.4. The van der Waals surface area contributed by atoms with Crippen molar-refractivity contribution >= 4 is 50.8 Å². The fraction of sp³-hybridized carbons (Fsp3) is 0.261. The lowest BCUT2D eigenvalue weighted by Crippen LogP contribution is -2.28. The summed E-state index contributed by atoms with van der Waals surface area (Å²) in [5.74, 6) is 0.626. The SMILES string of the molecule is CN1CCc2c(sc3nc(SCC(=O)NCc4ccco4)n(-c4cccc(Cl)c4)c(=O)c23)C1. The van der Waals surface area contributed by atoms with Crippen LogP contribution in [0.15, 0.2) is 57.0 Å². The number of benzene rings is 1. The van der Waals surface area contributed by atoms with E-state index in [4.69, 9.17) is 21.0 Å². The highest BCUT2D eigenvalue weighted by Gasteiger charge is 2.24. The third kappa shape index (κ3) is 4.59. The fourth-order valence-corrected chi connectivity index (χ4v) is 6.24. The quantitative estimate of drug-likeness (QED) is 0.317. The number of amides is 1. The summed E-state index contributed by atoms with van der Waals surface area (Å²) < 4.78 is 6.83. The second-order valence-corrected chi connectivity index (χ2v) is 10.3. The molecule has 10 heteroatoms. The van der Waals surface area contributed by atoms with E-state index >= 15 is 0 Å². The maximum absolute atomic E-state index is 13.7. The van der Waals surface area contributed by atoms with Gasteiger partial charge in [0.1, 0.15) is 10.6 Å². The molecule has 0 radical (unpaired) electrons. The average Bonchev–Trinajstić information content (AvgIpc) is 3.43. The molecular formula is C23H21ClN4O3S2. The Morgan fingerprint density at radius 1 is 1.33 bits per heavy atom. The lowest BCUT2D eigenvalue weighted by molar-refractivity contribution is -0.118. The molecule has 4 heterocycles. The lowest BCUT2D eigenvalue weighted by atomic mass is 10.1. The Labute approximate surface area is 203 Å². The van der Waals surface area contributed by atoms with E-state index in [1.54, 1.807) is 52.5 Å². The molecule has 0 bridgehead atoms. The second-order valence-electron chi connectivity index (χ2n) is 7.83. The van der Waals surface area contributed by atoms with Gasteiger partial charge in [0.2, 0.25) is 5.91 Å². The van der Waals surface area contributed by atoms with Gasteiger partial charge in [0.05, 0.1) is 29.6 Å². The van der Waals surface area contributed by atoms with E-state index in [2.05, 4.69) is 17.3 Å². The molecule has 0 aliphatic carbocycles. The first-order valence-corrected chi connectivity index (χ1v) is 12.6. The van der Waals surface area contributed by atoms with Crippen LogP contribution in [0.3, 0.4) is 0 Å². The van der Waals surface area contributed by atoms with Crippen LogP contribution in [0.2, 0.25) is 5.02 Å². The smallest absolute Gasteiger partial charge is 0.267 e. The van der Waals surface area contributed by atoms with Crippen molar-refractivity contribution < 1.29 is 9.21 Å². The summed E-state index contributed by atoms with van der Waals surface area (Å²) in [6, 6.07) is 10.7. The molecule has 0 spiro atoms. The highest BCUT2D eigenvalue weighted by molar-refractivity contribution is 7.99. The highest BCUT2D eigenvalue weighted by atomic mass is 35.5. The Bertz CT molecular complexity index is 1380. The summed E-state index contributed by atoms with van der Waals surface area (Å²) >= 11 is 9.02. The van der Waals surface area contributed by atoms with Crippen LogP contribution in [0.1, 0.15) is 16.2 Å². The Hall–Kier alpha value is -2.59. The molecule has 170 valence electrons. The molecule has 4 aromatic rings. The van der Waals surface area contributed by atoms with E-state index in [1.165, 1.54) is 16.6 Å². The second kappa shape index (κ2) is 9.34. The minimum Gasteiger partial charge on any atom is -0.467 e. The largest absolute Gasteiger partial charge is 0.467 e. The van der Waals surface area contributed by atoms with Gasteiger partial charge >= 0.3 is 0 Å². The number of rotatable bonds is 6. The van der Waals surface area contributed by atoms with Crippen LogP contribution in [0.25, 0.3) is 15.9 Å². The number of hydrogen-bond donors (Lipinski definition) is 1. The van der Waals surface area contributed by atoms with Gasteiger partial charge in [-0.25, -0.2) is 4.98 Å². The van der Waals surface area contributed by atoms with Crippen molar-refractivity contribution in [2.24, 2.45) is 0 Å². The molecule has 0 unspecified atom stereocenters. The fourth-order valence-electron chi connectivity index (χ4n) is 3.87. The van der Waals surface area contributed by atoms with Crippen molar-refractivity contribution in [3.8, 4) is 5.69 Å². The van der Waals surface area contributed by atoms with E-state index in [-0.39, 0.29) is 17.2 Å². The molecule has 0 fully saturated rings. The third-order valence-corrected chi connectivity index (χ3v) is 7.76. The van der Waals surface area contributed by atoms with Gasteiger partial charge in [0, 0.05) is 23.0 Å². The topological polar surface area (TPSA) is 80.4 Å². The number of fused-ring (bicyclic) bond motifs is 3. The lowest BCUT2D eigenvalue weighted by Gasteiger charge is -2.21. The zero-order valence-corrected chi connectivity index (χ0v) is 20.2. The van der Waals surface area contributed by atoms with Gasteiger partial charge in [-0.3, -0.25) is 14.2 Å². The summed E-state index contributed by atoms with van der Waals surface area (Å²) in [5, 5.41) is 4.50. The number of carbonyl (C=O) groups excluding carboxylic acids is 1. The molecule has 1 aliphatic rings. The van der Waals surface area contributed by atoms with E-state index < -0.39 is 0 Å². The molecule has 1 N–H and O–H groups in total. The summed E-state index contributed by atoms with van der Waals surface area (Å²) in [7, 11) is 2.08. The first-order chi connectivity index (χ1) is 16.0. The van der Waals surface area contributed by atoms with Crippen molar-refractivity contribution in [2.75, 3.05) is 19.3 Å². The Morgan fingerprint density at radius 3 is 3.00 bits per heavy atom. The zero-order chi connectivity index (χ0) is 22.9. The van der Waals surface area contributed by atoms with Crippen molar-refractivity contribution in [3.05, 3.63) is 74.2 Å². The zero-order valence-electron chi connectivity index (χ0n) is 17.8. The van der Waals surface area contributed by atoms with Crippen LogP contribution in [0.5, 0.6) is 0 Å². The van der Waals surface area contributed by atoms with Crippen LogP contribution in [0, 0.1) is 0 Å². The Kier molecular flexibility index (Phi) is 6.29. The van der Waals surface area contributed by atoms with Crippen molar-refractivity contribution in [1.82, 2.24) is 19.8 Å². The van der Waals surface area contributed by atoms with Crippen molar-refractivity contribution in [1.29, 1.82) is 0 Å². The van der Waals surface area contributed by atoms with Crippen LogP contribution < -0.4 is 10.9 Å². The number of nitrogens with one attached hydrogen (secondary N) is 1. The number of halogens is 1. The summed E-state index contributed by atoms with van der Waals surface area (Å²) in [6.45, 7) is 2.03. The minimum absolute atomic E-state index is 0.118. The molecule has 0 saturated heterocycles. The Balaban J connectivity index is 1.51. The summed E-state index contributed by atoms with van der Waals surface area (Å²) in [4.78, 5) is 35.2. The van der Waals surface area contributed by atoms with Gasteiger partial charge in [-0.05, 0) is 49.4 Å². The molecule has 5 rings (SSSR count).